The largest absolute Gasteiger partial charge is 0.476 e. The normalized spacial score (nSPS) is 11.6. The lowest BCUT2D eigenvalue weighted by Gasteiger charge is -2.12. The van der Waals surface area contributed by atoms with Crippen LogP contribution in [0.4, 0.5) is 17.6 Å². The van der Waals surface area contributed by atoms with Crippen molar-refractivity contribution in [2.75, 3.05) is 0 Å². The van der Waals surface area contributed by atoms with Crippen molar-refractivity contribution in [1.82, 2.24) is 14.8 Å². The van der Waals surface area contributed by atoms with Crippen molar-refractivity contribution in [3.05, 3.63) is 65.4 Å². The molecular weight excluding hydrogens is 366 g/mol. The Balaban J connectivity index is 2.27. The van der Waals surface area contributed by atoms with Gasteiger partial charge in [0.1, 0.15) is 5.82 Å². The molecule has 0 atom stereocenters. The van der Waals surface area contributed by atoms with Gasteiger partial charge in [0.15, 0.2) is 5.69 Å². The van der Waals surface area contributed by atoms with E-state index in [9.17, 15) is 27.5 Å². The molecule has 0 saturated carbocycles. The summed E-state index contributed by atoms with van der Waals surface area (Å²) in [5.74, 6) is -2.76. The molecule has 27 heavy (non-hydrogen) atoms. The first-order valence-electron chi connectivity index (χ1n) is 7.86. The lowest BCUT2D eigenvalue weighted by Crippen LogP contribution is -2.09. The molecular formula is C18H13F4N3O2. The van der Waals surface area contributed by atoms with Gasteiger partial charge in [-0.2, -0.15) is 18.3 Å². The molecule has 0 spiro atoms. The summed E-state index contributed by atoms with van der Waals surface area (Å²) in [5, 5.41) is 13.4. The highest BCUT2D eigenvalue weighted by atomic mass is 19.4. The maximum absolute atomic E-state index is 14.0. The minimum atomic E-state index is -4.83. The molecule has 0 radical (unpaired) electrons. The molecule has 0 aliphatic rings. The fourth-order valence-electron chi connectivity index (χ4n) is 2.81. The van der Waals surface area contributed by atoms with E-state index in [0.29, 0.717) is 35.4 Å². The first-order valence-corrected chi connectivity index (χ1v) is 7.86. The van der Waals surface area contributed by atoms with Gasteiger partial charge in [-0.3, -0.25) is 4.98 Å². The molecule has 0 bridgehead atoms. The Hall–Kier alpha value is -3.23. The maximum atomic E-state index is 14.0. The van der Waals surface area contributed by atoms with Gasteiger partial charge in [-0.25, -0.2) is 13.9 Å². The number of alkyl halides is 3. The molecule has 5 nitrogen and oxygen atoms in total. The number of carboxylic acids is 1. The van der Waals surface area contributed by atoms with Gasteiger partial charge in [-0.1, -0.05) is 6.92 Å². The monoisotopic (exact) mass is 379 g/mol. The number of halogens is 4. The average molecular weight is 379 g/mol. The molecule has 0 aliphatic carbocycles. The number of hydrogen-bond donors (Lipinski definition) is 1. The quantitative estimate of drug-likeness (QED) is 0.685. The maximum Gasteiger partial charge on any atom is 0.419 e. The summed E-state index contributed by atoms with van der Waals surface area (Å²) in [4.78, 5) is 15.5. The fourth-order valence-corrected chi connectivity index (χ4v) is 2.81. The lowest BCUT2D eigenvalue weighted by molar-refractivity contribution is -0.140. The molecule has 1 aromatic carbocycles. The van der Waals surface area contributed by atoms with E-state index in [1.807, 2.05) is 0 Å². The van der Waals surface area contributed by atoms with Crippen molar-refractivity contribution in [2.24, 2.45) is 0 Å². The van der Waals surface area contributed by atoms with Gasteiger partial charge in [-0.05, 0) is 30.7 Å². The molecule has 0 unspecified atom stereocenters. The van der Waals surface area contributed by atoms with Crippen LogP contribution in [0.3, 0.4) is 0 Å². The Labute approximate surface area is 150 Å². The highest BCUT2D eigenvalue weighted by Crippen LogP contribution is 2.34. The molecule has 140 valence electrons. The van der Waals surface area contributed by atoms with Crippen LogP contribution >= 0.6 is 0 Å². The van der Waals surface area contributed by atoms with Gasteiger partial charge in [0, 0.05) is 29.6 Å². The molecule has 3 rings (SSSR count). The first-order chi connectivity index (χ1) is 12.7. The van der Waals surface area contributed by atoms with Gasteiger partial charge >= 0.3 is 12.1 Å². The van der Waals surface area contributed by atoms with Gasteiger partial charge in [0.25, 0.3) is 0 Å². The van der Waals surface area contributed by atoms with Crippen LogP contribution in [0.15, 0.2) is 42.7 Å². The van der Waals surface area contributed by atoms with Crippen molar-refractivity contribution in [1.29, 1.82) is 0 Å². The molecule has 2 aromatic heterocycles. The minimum Gasteiger partial charge on any atom is -0.476 e. The number of rotatable bonds is 4. The second kappa shape index (κ2) is 6.82. The third-order valence-electron chi connectivity index (χ3n) is 3.98. The molecule has 0 aliphatic heterocycles. The lowest BCUT2D eigenvalue weighted by atomic mass is 10.0. The summed E-state index contributed by atoms with van der Waals surface area (Å²) in [6, 6.07) is 5.61. The molecule has 0 fully saturated rings. The summed E-state index contributed by atoms with van der Waals surface area (Å²) in [5.41, 5.74) is -0.471. The van der Waals surface area contributed by atoms with E-state index in [-0.39, 0.29) is 11.4 Å². The van der Waals surface area contributed by atoms with E-state index >= 15 is 0 Å². The van der Waals surface area contributed by atoms with Crippen LogP contribution in [0, 0.1) is 5.82 Å². The molecule has 9 heteroatoms. The second-order valence-corrected chi connectivity index (χ2v) is 5.65. The summed E-state index contributed by atoms with van der Waals surface area (Å²) < 4.78 is 53.6. The Bertz CT molecular complexity index is 998. The fraction of sp³-hybridized carbons (Fsp3) is 0.167. The predicted octanol–water partition coefficient (Wildman–Crippen LogP) is 4.35. The zero-order valence-corrected chi connectivity index (χ0v) is 14.0. The van der Waals surface area contributed by atoms with Crippen LogP contribution in [0.1, 0.15) is 28.5 Å². The summed E-state index contributed by atoms with van der Waals surface area (Å²) in [6.45, 7) is 1.72. The number of carbonyl (C=O) groups is 1. The molecule has 1 N–H and O–H groups in total. The number of aromatic nitrogens is 3. The topological polar surface area (TPSA) is 68.0 Å². The van der Waals surface area contributed by atoms with Crippen LogP contribution in [0.25, 0.3) is 16.9 Å². The van der Waals surface area contributed by atoms with Crippen LogP contribution < -0.4 is 0 Å². The van der Waals surface area contributed by atoms with Gasteiger partial charge in [0.2, 0.25) is 0 Å². The molecule has 2 heterocycles. The zero-order valence-electron chi connectivity index (χ0n) is 14.0. The van der Waals surface area contributed by atoms with Crippen LogP contribution in [-0.4, -0.2) is 25.8 Å². The Morgan fingerprint density at radius 2 is 2.00 bits per heavy atom. The number of benzene rings is 1. The van der Waals surface area contributed by atoms with Gasteiger partial charge in [0.05, 0.1) is 16.9 Å². The van der Waals surface area contributed by atoms with Crippen molar-refractivity contribution in [3.63, 3.8) is 0 Å². The highest BCUT2D eigenvalue weighted by Gasteiger charge is 2.34. The first kappa shape index (κ1) is 18.6. The van der Waals surface area contributed by atoms with E-state index in [4.69, 9.17) is 0 Å². The van der Waals surface area contributed by atoms with Crippen LogP contribution in [-0.2, 0) is 12.6 Å². The van der Waals surface area contributed by atoms with E-state index < -0.39 is 23.5 Å². The SMILES string of the molecule is CCc1c(C(=O)O)nn(-c2ccc(C(F)(F)F)c(F)c2)c1-c1cccnc1. The smallest absolute Gasteiger partial charge is 0.419 e. The number of carboxylic acid groups (broad SMARTS) is 1. The Morgan fingerprint density at radius 3 is 2.52 bits per heavy atom. The average Bonchev–Trinajstić information content (AvgIpc) is 3.01. The van der Waals surface area contributed by atoms with Crippen LogP contribution in [0.2, 0.25) is 0 Å². The van der Waals surface area contributed by atoms with Crippen molar-refractivity contribution < 1.29 is 27.5 Å². The standard InChI is InChI=1S/C18H13F4N3O2/c1-2-12-15(17(26)27)24-25(16(12)10-4-3-7-23-9-10)11-5-6-13(14(19)8-11)18(20,21)22/h3-9H,2H2,1H3,(H,26,27). The van der Waals surface area contributed by atoms with Crippen molar-refractivity contribution in [3.8, 4) is 16.9 Å². The minimum absolute atomic E-state index is 0.0263. The predicted molar refractivity (Wildman–Crippen MR) is 88.1 cm³/mol. The molecule has 0 saturated heterocycles. The summed E-state index contributed by atoms with van der Waals surface area (Å²) in [7, 11) is 0. The van der Waals surface area contributed by atoms with Crippen LogP contribution in [0.5, 0.6) is 0 Å². The highest BCUT2D eigenvalue weighted by molar-refractivity contribution is 5.90. The second-order valence-electron chi connectivity index (χ2n) is 5.65. The molecule has 3 aromatic rings. The van der Waals surface area contributed by atoms with E-state index in [2.05, 4.69) is 10.1 Å². The summed E-state index contributed by atoms with van der Waals surface area (Å²) >= 11 is 0. The van der Waals surface area contributed by atoms with E-state index in [1.54, 1.807) is 19.1 Å². The van der Waals surface area contributed by atoms with E-state index in [1.165, 1.54) is 12.4 Å². The summed E-state index contributed by atoms with van der Waals surface area (Å²) in [6.07, 6.45) is -1.54. The van der Waals surface area contributed by atoms with Crippen molar-refractivity contribution in [2.45, 2.75) is 19.5 Å². The van der Waals surface area contributed by atoms with Gasteiger partial charge < -0.3 is 5.11 Å². The van der Waals surface area contributed by atoms with Gasteiger partial charge in [-0.15, -0.1) is 0 Å². The number of pyridine rings is 1. The Morgan fingerprint density at radius 1 is 1.26 bits per heavy atom. The third-order valence-corrected chi connectivity index (χ3v) is 3.98. The Kier molecular flexibility index (Phi) is 4.69. The molecule has 0 amide bonds. The third kappa shape index (κ3) is 3.40. The van der Waals surface area contributed by atoms with E-state index in [0.717, 1.165) is 10.7 Å². The number of aromatic carboxylic acids is 1. The zero-order chi connectivity index (χ0) is 19.8. The number of nitrogens with zero attached hydrogens (tertiary/aromatic N) is 3. The number of hydrogen-bond acceptors (Lipinski definition) is 3. The van der Waals surface area contributed by atoms with Crippen molar-refractivity contribution >= 4 is 5.97 Å².